The monoisotopic (exact) mass is 288 g/mol. The molecule has 1 atom stereocenters. The predicted octanol–water partition coefficient (Wildman–Crippen LogP) is 4.57. The molecule has 4 rings (SSSR count). The molecule has 0 N–H and O–H groups in total. The Hall–Kier alpha value is -2.35. The van der Waals surface area contributed by atoms with Crippen LogP contribution in [-0.4, -0.2) is 9.78 Å². The van der Waals surface area contributed by atoms with Crippen LogP contribution in [0.25, 0.3) is 11.3 Å². The van der Waals surface area contributed by atoms with Crippen molar-refractivity contribution in [2.45, 2.75) is 32.7 Å². The van der Waals surface area contributed by atoms with Crippen molar-refractivity contribution in [1.82, 2.24) is 9.78 Å². The maximum absolute atomic E-state index is 4.73. The molecule has 22 heavy (non-hydrogen) atoms. The summed E-state index contributed by atoms with van der Waals surface area (Å²) in [5.41, 5.74) is 7.84. The molecule has 1 aliphatic heterocycles. The predicted molar refractivity (Wildman–Crippen MR) is 90.1 cm³/mol. The average molecular weight is 288 g/mol. The summed E-state index contributed by atoms with van der Waals surface area (Å²) >= 11 is 0. The van der Waals surface area contributed by atoms with Gasteiger partial charge in [0, 0.05) is 5.56 Å². The van der Waals surface area contributed by atoms with Crippen molar-refractivity contribution in [3.05, 3.63) is 77.0 Å². The quantitative estimate of drug-likeness (QED) is 0.690. The molecule has 0 saturated heterocycles. The highest BCUT2D eigenvalue weighted by Gasteiger charge is 2.29. The van der Waals surface area contributed by atoms with Gasteiger partial charge in [0.05, 0.1) is 17.4 Å². The number of hydrogen-bond acceptors (Lipinski definition) is 1. The first-order valence-corrected chi connectivity index (χ1v) is 7.99. The Morgan fingerprint density at radius 1 is 1.00 bits per heavy atom. The minimum Gasteiger partial charge on any atom is -0.257 e. The Morgan fingerprint density at radius 3 is 2.50 bits per heavy atom. The van der Waals surface area contributed by atoms with E-state index in [0.717, 1.165) is 18.5 Å². The molecular formula is C20H20N2. The van der Waals surface area contributed by atoms with Crippen molar-refractivity contribution in [2.75, 3.05) is 0 Å². The third kappa shape index (κ3) is 2.07. The Kier molecular flexibility index (Phi) is 3.11. The van der Waals surface area contributed by atoms with Crippen LogP contribution in [-0.2, 0) is 12.8 Å². The first-order valence-electron chi connectivity index (χ1n) is 7.99. The lowest BCUT2D eigenvalue weighted by Gasteiger charge is -2.14. The lowest BCUT2D eigenvalue weighted by Crippen LogP contribution is -2.11. The van der Waals surface area contributed by atoms with E-state index >= 15 is 0 Å². The van der Waals surface area contributed by atoms with Gasteiger partial charge in [-0.1, -0.05) is 55.5 Å². The van der Waals surface area contributed by atoms with Crippen LogP contribution in [0.3, 0.4) is 0 Å². The summed E-state index contributed by atoms with van der Waals surface area (Å²) in [5, 5.41) is 4.73. The minimum absolute atomic E-state index is 0.312. The summed E-state index contributed by atoms with van der Waals surface area (Å²) < 4.78 is 2.20. The lowest BCUT2D eigenvalue weighted by molar-refractivity contribution is 0.542. The zero-order chi connectivity index (χ0) is 15.1. The highest BCUT2D eigenvalue weighted by molar-refractivity contribution is 5.69. The number of rotatable bonds is 3. The van der Waals surface area contributed by atoms with Crippen molar-refractivity contribution in [1.29, 1.82) is 0 Å². The maximum Gasteiger partial charge on any atom is 0.0822 e. The molecule has 0 fully saturated rings. The summed E-state index contributed by atoms with van der Waals surface area (Å²) in [6, 6.07) is 20.2. The molecule has 0 aliphatic carbocycles. The van der Waals surface area contributed by atoms with Crippen LogP contribution in [0.4, 0.5) is 0 Å². The third-order valence-corrected chi connectivity index (χ3v) is 4.61. The molecule has 2 nitrogen and oxygen atoms in total. The average Bonchev–Trinajstić information content (AvgIpc) is 3.06. The van der Waals surface area contributed by atoms with Gasteiger partial charge in [-0.05, 0) is 42.5 Å². The Bertz CT molecular complexity index is 812. The highest BCUT2D eigenvalue weighted by atomic mass is 15.3. The third-order valence-electron chi connectivity index (χ3n) is 4.61. The first kappa shape index (κ1) is 13.3. The fraction of sp³-hybridized carbons (Fsp3) is 0.250. The summed E-state index contributed by atoms with van der Waals surface area (Å²) in [7, 11) is 0. The van der Waals surface area contributed by atoms with Gasteiger partial charge in [-0.2, -0.15) is 5.10 Å². The van der Waals surface area contributed by atoms with Crippen LogP contribution in [0, 0.1) is 6.92 Å². The second kappa shape index (κ2) is 5.13. The van der Waals surface area contributed by atoms with E-state index in [-0.39, 0.29) is 0 Å². The highest BCUT2D eigenvalue weighted by Crippen LogP contribution is 2.40. The van der Waals surface area contributed by atoms with E-state index in [2.05, 4.69) is 73.1 Å². The fourth-order valence-electron chi connectivity index (χ4n) is 3.44. The van der Waals surface area contributed by atoms with Gasteiger partial charge in [0.2, 0.25) is 0 Å². The van der Waals surface area contributed by atoms with Crippen molar-refractivity contribution >= 4 is 0 Å². The van der Waals surface area contributed by atoms with E-state index in [0.29, 0.717) is 6.04 Å². The number of hydrogen-bond donors (Lipinski definition) is 0. The van der Waals surface area contributed by atoms with Gasteiger partial charge in [0.25, 0.3) is 0 Å². The van der Waals surface area contributed by atoms with Crippen LogP contribution in [0.2, 0.25) is 0 Å². The SMILES string of the molecule is CCc1ccc(CC2c3ccccc3-c3cc(C)nn32)cc1. The van der Waals surface area contributed by atoms with Gasteiger partial charge in [0.15, 0.2) is 0 Å². The van der Waals surface area contributed by atoms with Gasteiger partial charge in [-0.15, -0.1) is 0 Å². The van der Waals surface area contributed by atoms with Gasteiger partial charge in [0.1, 0.15) is 0 Å². The van der Waals surface area contributed by atoms with Crippen LogP contribution >= 0.6 is 0 Å². The smallest absolute Gasteiger partial charge is 0.0822 e. The lowest BCUT2D eigenvalue weighted by atomic mass is 9.97. The molecule has 2 heteroatoms. The number of nitrogens with zero attached hydrogens (tertiary/aromatic N) is 2. The molecular weight excluding hydrogens is 268 g/mol. The Labute approximate surface area is 131 Å². The topological polar surface area (TPSA) is 17.8 Å². The molecule has 1 aliphatic rings. The molecule has 0 spiro atoms. The number of aryl methyl sites for hydroxylation is 2. The zero-order valence-corrected chi connectivity index (χ0v) is 13.1. The molecule has 0 saturated carbocycles. The molecule has 0 amide bonds. The molecule has 0 radical (unpaired) electrons. The van der Waals surface area contributed by atoms with E-state index in [1.807, 2.05) is 0 Å². The van der Waals surface area contributed by atoms with E-state index < -0.39 is 0 Å². The van der Waals surface area contributed by atoms with Crippen LogP contribution in [0.15, 0.2) is 54.6 Å². The Morgan fingerprint density at radius 2 is 1.73 bits per heavy atom. The van der Waals surface area contributed by atoms with Crippen molar-refractivity contribution in [3.63, 3.8) is 0 Å². The maximum atomic E-state index is 4.73. The number of fused-ring (bicyclic) bond motifs is 3. The molecule has 2 heterocycles. The summed E-state index contributed by atoms with van der Waals surface area (Å²) in [6.07, 6.45) is 2.09. The van der Waals surface area contributed by atoms with E-state index in [1.54, 1.807) is 0 Å². The van der Waals surface area contributed by atoms with Gasteiger partial charge < -0.3 is 0 Å². The van der Waals surface area contributed by atoms with Crippen LogP contribution in [0.5, 0.6) is 0 Å². The normalized spacial score (nSPS) is 15.6. The second-order valence-corrected chi connectivity index (χ2v) is 6.09. The van der Waals surface area contributed by atoms with Gasteiger partial charge in [-0.25, -0.2) is 0 Å². The van der Waals surface area contributed by atoms with Crippen molar-refractivity contribution < 1.29 is 0 Å². The van der Waals surface area contributed by atoms with E-state index in [4.69, 9.17) is 5.10 Å². The second-order valence-electron chi connectivity index (χ2n) is 6.09. The summed E-state index contributed by atoms with van der Waals surface area (Å²) in [4.78, 5) is 0. The van der Waals surface area contributed by atoms with Crippen molar-refractivity contribution in [3.8, 4) is 11.3 Å². The molecule has 1 aromatic heterocycles. The van der Waals surface area contributed by atoms with Crippen molar-refractivity contribution in [2.24, 2.45) is 0 Å². The van der Waals surface area contributed by atoms with E-state index in [9.17, 15) is 0 Å². The first-order chi connectivity index (χ1) is 10.8. The molecule has 3 aromatic rings. The summed E-state index contributed by atoms with van der Waals surface area (Å²) in [6.45, 7) is 4.27. The fourth-order valence-corrected chi connectivity index (χ4v) is 3.44. The van der Waals surface area contributed by atoms with Gasteiger partial charge in [-0.3, -0.25) is 4.68 Å². The number of aromatic nitrogens is 2. The minimum atomic E-state index is 0.312. The summed E-state index contributed by atoms with van der Waals surface area (Å²) in [5.74, 6) is 0. The standard InChI is InChI=1S/C20H20N2/c1-3-15-8-10-16(11-9-15)13-20-18-7-5-4-6-17(18)19-12-14(2)21-22(19)20/h4-12,20H,3,13H2,1-2H3. The van der Waals surface area contributed by atoms with E-state index in [1.165, 1.54) is 27.9 Å². The molecule has 0 bridgehead atoms. The largest absolute Gasteiger partial charge is 0.257 e. The van der Waals surface area contributed by atoms with Gasteiger partial charge >= 0.3 is 0 Å². The zero-order valence-electron chi connectivity index (χ0n) is 13.1. The van der Waals surface area contributed by atoms with Crippen LogP contribution in [0.1, 0.15) is 35.3 Å². The molecule has 110 valence electrons. The molecule has 2 aromatic carbocycles. The number of benzene rings is 2. The molecule has 1 unspecified atom stereocenters. The van der Waals surface area contributed by atoms with Crippen LogP contribution < -0.4 is 0 Å². The Balaban J connectivity index is 1.74.